The Balaban J connectivity index is 2.14. The van der Waals surface area contributed by atoms with Crippen molar-refractivity contribution in [3.05, 3.63) is 29.1 Å². The third-order valence-electron chi connectivity index (χ3n) is 4.39. The van der Waals surface area contributed by atoms with E-state index in [4.69, 9.17) is 10.5 Å². The molecule has 0 radical (unpaired) electrons. The molecule has 0 unspecified atom stereocenters. The molecule has 92 valence electrons. The summed E-state index contributed by atoms with van der Waals surface area (Å²) < 4.78 is 19.6. The van der Waals surface area contributed by atoms with E-state index in [1.54, 1.807) is 13.2 Å². The molecule has 3 heteroatoms. The van der Waals surface area contributed by atoms with Gasteiger partial charge in [0.05, 0.1) is 7.11 Å². The quantitative estimate of drug-likeness (QED) is 0.874. The zero-order valence-corrected chi connectivity index (χ0v) is 10.3. The van der Waals surface area contributed by atoms with Crippen LogP contribution >= 0.6 is 0 Å². The minimum atomic E-state index is -0.184. The SMILES string of the molecule is COc1cc(C)cc(F)c1C1(C2(N)CC2)CC1. The van der Waals surface area contributed by atoms with Gasteiger partial charge in [-0.3, -0.25) is 0 Å². The lowest BCUT2D eigenvalue weighted by atomic mass is 9.84. The maximum absolute atomic E-state index is 14.3. The van der Waals surface area contributed by atoms with E-state index in [1.165, 1.54) is 0 Å². The van der Waals surface area contributed by atoms with Gasteiger partial charge in [-0.2, -0.15) is 0 Å². The molecule has 17 heavy (non-hydrogen) atoms. The van der Waals surface area contributed by atoms with E-state index in [-0.39, 0.29) is 16.8 Å². The number of benzene rings is 1. The monoisotopic (exact) mass is 235 g/mol. The Morgan fingerprint density at radius 2 is 1.88 bits per heavy atom. The molecule has 2 aliphatic rings. The number of methoxy groups -OCH3 is 1. The molecule has 0 aliphatic heterocycles. The van der Waals surface area contributed by atoms with Gasteiger partial charge in [0.15, 0.2) is 0 Å². The van der Waals surface area contributed by atoms with Gasteiger partial charge in [0.1, 0.15) is 11.6 Å². The molecule has 0 bridgehead atoms. The molecule has 0 heterocycles. The maximum Gasteiger partial charge on any atom is 0.131 e. The zero-order chi connectivity index (χ0) is 12.3. The molecule has 2 aliphatic carbocycles. The van der Waals surface area contributed by atoms with Gasteiger partial charge in [0.25, 0.3) is 0 Å². The molecule has 2 saturated carbocycles. The Morgan fingerprint density at radius 1 is 1.24 bits per heavy atom. The highest BCUT2D eigenvalue weighted by atomic mass is 19.1. The number of hydrogen-bond donors (Lipinski definition) is 1. The molecule has 2 nitrogen and oxygen atoms in total. The molecule has 2 fully saturated rings. The number of halogens is 1. The summed E-state index contributed by atoms with van der Waals surface area (Å²) in [6.07, 6.45) is 3.98. The van der Waals surface area contributed by atoms with Crippen molar-refractivity contribution in [2.75, 3.05) is 7.11 Å². The summed E-state index contributed by atoms with van der Waals surface area (Å²) in [5, 5.41) is 0. The normalized spacial score (nSPS) is 23.3. The van der Waals surface area contributed by atoms with Gasteiger partial charge in [0.2, 0.25) is 0 Å². The third kappa shape index (κ3) is 1.41. The lowest BCUT2D eigenvalue weighted by Crippen LogP contribution is -2.38. The first kappa shape index (κ1) is 11.0. The number of nitrogens with two attached hydrogens (primary N) is 1. The van der Waals surface area contributed by atoms with Gasteiger partial charge in [-0.25, -0.2) is 4.39 Å². The lowest BCUT2D eigenvalue weighted by molar-refractivity contribution is 0.382. The largest absolute Gasteiger partial charge is 0.496 e. The van der Waals surface area contributed by atoms with Crippen LogP contribution in [0.5, 0.6) is 5.75 Å². The van der Waals surface area contributed by atoms with E-state index in [9.17, 15) is 4.39 Å². The summed E-state index contributed by atoms with van der Waals surface area (Å²) in [5.74, 6) is 0.507. The fourth-order valence-corrected chi connectivity index (χ4v) is 3.07. The van der Waals surface area contributed by atoms with Crippen LogP contribution in [0.25, 0.3) is 0 Å². The summed E-state index contributed by atoms with van der Waals surface area (Å²) in [6, 6.07) is 3.49. The Kier molecular flexibility index (Phi) is 2.09. The van der Waals surface area contributed by atoms with Gasteiger partial charge in [-0.15, -0.1) is 0 Å². The molecule has 1 aromatic carbocycles. The average Bonchev–Trinajstić information content (AvgIpc) is 3.13. The summed E-state index contributed by atoms with van der Waals surface area (Å²) in [6.45, 7) is 1.88. The highest BCUT2D eigenvalue weighted by molar-refractivity contribution is 5.51. The van der Waals surface area contributed by atoms with E-state index >= 15 is 0 Å². The van der Waals surface area contributed by atoms with Gasteiger partial charge in [-0.1, -0.05) is 0 Å². The van der Waals surface area contributed by atoms with Crippen molar-refractivity contribution >= 4 is 0 Å². The maximum atomic E-state index is 14.3. The van der Waals surface area contributed by atoms with Crippen molar-refractivity contribution in [3.63, 3.8) is 0 Å². The van der Waals surface area contributed by atoms with Crippen LogP contribution in [-0.2, 0) is 5.41 Å². The molecule has 0 amide bonds. The number of aryl methyl sites for hydroxylation is 1. The highest BCUT2D eigenvalue weighted by Gasteiger charge is 2.65. The van der Waals surface area contributed by atoms with Crippen LogP contribution in [0.3, 0.4) is 0 Å². The van der Waals surface area contributed by atoms with E-state index in [2.05, 4.69) is 0 Å². The molecule has 0 atom stereocenters. The molecule has 2 N–H and O–H groups in total. The number of ether oxygens (including phenoxy) is 1. The van der Waals surface area contributed by atoms with Crippen LogP contribution in [0.2, 0.25) is 0 Å². The Hall–Kier alpha value is -1.09. The Labute approximate surface area is 101 Å². The van der Waals surface area contributed by atoms with Crippen molar-refractivity contribution in [2.24, 2.45) is 5.73 Å². The van der Waals surface area contributed by atoms with Crippen molar-refractivity contribution < 1.29 is 9.13 Å². The molecule has 1 aromatic rings. The zero-order valence-electron chi connectivity index (χ0n) is 10.3. The second-order valence-electron chi connectivity index (χ2n) is 5.56. The van der Waals surface area contributed by atoms with E-state index in [0.717, 1.165) is 31.2 Å². The van der Waals surface area contributed by atoms with Gasteiger partial charge in [0, 0.05) is 16.5 Å². The third-order valence-corrected chi connectivity index (χ3v) is 4.39. The highest BCUT2D eigenvalue weighted by Crippen LogP contribution is 2.65. The van der Waals surface area contributed by atoms with Crippen LogP contribution in [0.1, 0.15) is 36.8 Å². The predicted molar refractivity (Wildman–Crippen MR) is 64.8 cm³/mol. The molecule has 0 aromatic heterocycles. The fourth-order valence-electron chi connectivity index (χ4n) is 3.07. The predicted octanol–water partition coefficient (Wildman–Crippen LogP) is 2.67. The first-order valence-corrected chi connectivity index (χ1v) is 6.16. The minimum Gasteiger partial charge on any atom is -0.496 e. The van der Waals surface area contributed by atoms with Crippen molar-refractivity contribution in [2.45, 2.75) is 43.6 Å². The Bertz CT molecular complexity index is 475. The molecular formula is C14H18FNO. The second-order valence-corrected chi connectivity index (χ2v) is 5.56. The van der Waals surface area contributed by atoms with E-state index in [0.29, 0.717) is 11.3 Å². The molecule has 0 saturated heterocycles. The first-order chi connectivity index (χ1) is 8.02. The Morgan fingerprint density at radius 3 is 2.35 bits per heavy atom. The van der Waals surface area contributed by atoms with E-state index in [1.807, 2.05) is 13.0 Å². The van der Waals surface area contributed by atoms with Crippen molar-refractivity contribution in [3.8, 4) is 5.75 Å². The second kappa shape index (κ2) is 3.22. The van der Waals surface area contributed by atoms with Crippen LogP contribution in [0, 0.1) is 12.7 Å². The minimum absolute atomic E-state index is 0.156. The summed E-state index contributed by atoms with van der Waals surface area (Å²) in [5.41, 5.74) is 7.59. The number of rotatable bonds is 3. The smallest absolute Gasteiger partial charge is 0.131 e. The van der Waals surface area contributed by atoms with Gasteiger partial charge >= 0.3 is 0 Å². The van der Waals surface area contributed by atoms with Gasteiger partial charge in [-0.05, 0) is 50.3 Å². The fraction of sp³-hybridized carbons (Fsp3) is 0.571. The first-order valence-electron chi connectivity index (χ1n) is 6.16. The summed E-state index contributed by atoms with van der Waals surface area (Å²) in [4.78, 5) is 0. The average molecular weight is 235 g/mol. The van der Waals surface area contributed by atoms with E-state index < -0.39 is 0 Å². The molecule has 0 spiro atoms. The van der Waals surface area contributed by atoms with Crippen LogP contribution < -0.4 is 10.5 Å². The molecular weight excluding hydrogens is 217 g/mol. The van der Waals surface area contributed by atoms with Crippen LogP contribution in [-0.4, -0.2) is 12.6 Å². The van der Waals surface area contributed by atoms with Crippen LogP contribution in [0.4, 0.5) is 4.39 Å². The summed E-state index contributed by atoms with van der Waals surface area (Å²) >= 11 is 0. The standard InChI is InChI=1S/C14H18FNO/c1-9-7-10(15)12(11(8-9)17-2)13(3-4-13)14(16)5-6-14/h7-8H,3-6,16H2,1-2H3. The van der Waals surface area contributed by atoms with Crippen molar-refractivity contribution in [1.82, 2.24) is 0 Å². The topological polar surface area (TPSA) is 35.2 Å². The van der Waals surface area contributed by atoms with Gasteiger partial charge < -0.3 is 10.5 Å². The summed E-state index contributed by atoms with van der Waals surface area (Å²) in [7, 11) is 1.60. The van der Waals surface area contributed by atoms with Crippen LogP contribution in [0.15, 0.2) is 12.1 Å². The van der Waals surface area contributed by atoms with Crippen molar-refractivity contribution in [1.29, 1.82) is 0 Å². The lowest BCUT2D eigenvalue weighted by Gasteiger charge is -2.26. The number of hydrogen-bond acceptors (Lipinski definition) is 2. The molecule has 3 rings (SSSR count).